The first kappa shape index (κ1) is 11.4. The molecule has 1 aromatic rings. The Kier molecular flexibility index (Phi) is 5.08. The van der Waals surface area contributed by atoms with E-state index in [0.717, 1.165) is 12.0 Å². The van der Waals surface area contributed by atoms with Gasteiger partial charge >= 0.3 is 0 Å². The van der Waals surface area contributed by atoms with Crippen molar-refractivity contribution in [3.05, 3.63) is 35.9 Å². The molecular weight excluding hydrogens is 183 g/mol. The summed E-state index contributed by atoms with van der Waals surface area (Å²) in [7, 11) is 1.49. The summed E-state index contributed by atoms with van der Waals surface area (Å²) in [6, 6.07) is 10.0. The van der Waals surface area contributed by atoms with Crippen LogP contribution in [-0.2, 0) is 0 Å². The van der Waals surface area contributed by atoms with Crippen molar-refractivity contribution in [2.75, 3.05) is 0 Å². The van der Waals surface area contributed by atoms with Crippen LogP contribution in [0.5, 0.6) is 0 Å². The SMILES string of the molecule is CCC(C#Cc1ccccc1)[NH2+][B-]C#N. The van der Waals surface area contributed by atoms with Crippen molar-refractivity contribution in [2.45, 2.75) is 19.4 Å². The maximum atomic E-state index is 8.41. The van der Waals surface area contributed by atoms with Crippen molar-refractivity contribution in [3.63, 3.8) is 0 Å². The Bertz CT molecular complexity index is 384. The molecule has 0 amide bonds. The highest BCUT2D eigenvalue weighted by Gasteiger charge is 1.96. The third-order valence-corrected chi connectivity index (χ3v) is 2.02. The fourth-order valence-corrected chi connectivity index (χ4v) is 1.14. The molecule has 2 radical (unpaired) electrons. The van der Waals surface area contributed by atoms with E-state index in [1.807, 2.05) is 41.5 Å². The largest absolute Gasteiger partial charge is 0.556 e. The third-order valence-electron chi connectivity index (χ3n) is 2.02. The normalized spacial score (nSPS) is 10.9. The monoisotopic (exact) mass is 196 g/mol. The molecule has 0 aliphatic rings. The number of nitrogens with zero attached hydrogens (tertiary/aromatic N) is 1. The molecule has 1 rings (SSSR count). The lowest BCUT2D eigenvalue weighted by atomic mass is 9.96. The van der Waals surface area contributed by atoms with Crippen LogP contribution in [0, 0.1) is 23.1 Å². The Morgan fingerprint density at radius 2 is 2.13 bits per heavy atom. The van der Waals surface area contributed by atoms with E-state index in [-0.39, 0.29) is 6.04 Å². The van der Waals surface area contributed by atoms with Gasteiger partial charge in [0.2, 0.25) is 0 Å². The zero-order valence-electron chi connectivity index (χ0n) is 8.77. The van der Waals surface area contributed by atoms with Gasteiger partial charge in [0.1, 0.15) is 13.5 Å². The van der Waals surface area contributed by atoms with Crippen molar-refractivity contribution < 1.29 is 5.23 Å². The van der Waals surface area contributed by atoms with Gasteiger partial charge in [-0.3, -0.25) is 0 Å². The smallest absolute Gasteiger partial charge is 0.124 e. The van der Waals surface area contributed by atoms with E-state index in [1.165, 1.54) is 7.41 Å². The van der Waals surface area contributed by atoms with Crippen LogP contribution >= 0.6 is 0 Å². The van der Waals surface area contributed by atoms with Gasteiger partial charge in [-0.25, -0.2) is 5.26 Å². The van der Waals surface area contributed by atoms with E-state index in [1.54, 1.807) is 0 Å². The van der Waals surface area contributed by atoms with E-state index in [2.05, 4.69) is 18.8 Å². The molecule has 0 saturated heterocycles. The molecule has 0 aromatic heterocycles. The molecular formula is C12H13BN2. The predicted molar refractivity (Wildman–Crippen MR) is 60.7 cm³/mol. The Balaban J connectivity index is 2.59. The molecule has 2 N–H and O–H groups in total. The standard InChI is InChI=1S/C12H13BN2/c1-2-12(15-13-10-14)9-8-11-6-4-3-5-7-11/h3-7,12H,2,15H2,1H3. The van der Waals surface area contributed by atoms with E-state index < -0.39 is 0 Å². The minimum absolute atomic E-state index is 0.171. The molecule has 74 valence electrons. The Hall–Kier alpha value is -1.71. The molecule has 1 atom stereocenters. The Labute approximate surface area is 91.6 Å². The lowest BCUT2D eigenvalue weighted by molar-refractivity contribution is -0.539. The molecule has 1 unspecified atom stereocenters. The molecule has 15 heavy (non-hydrogen) atoms. The van der Waals surface area contributed by atoms with Gasteiger partial charge < -0.3 is 5.23 Å². The summed E-state index contributed by atoms with van der Waals surface area (Å²) in [6.07, 6.45) is 0.929. The first-order valence-corrected chi connectivity index (χ1v) is 4.99. The van der Waals surface area contributed by atoms with E-state index >= 15 is 0 Å². The molecule has 1 aromatic carbocycles. The topological polar surface area (TPSA) is 40.4 Å². The van der Waals surface area contributed by atoms with Crippen LogP contribution in [0.1, 0.15) is 18.9 Å². The molecule has 0 fully saturated rings. The van der Waals surface area contributed by atoms with Crippen LogP contribution in [0.15, 0.2) is 30.3 Å². The summed E-state index contributed by atoms with van der Waals surface area (Å²) < 4.78 is 0. The fourth-order valence-electron chi connectivity index (χ4n) is 1.14. The van der Waals surface area contributed by atoms with Gasteiger partial charge in [-0.15, -0.1) is 5.97 Å². The lowest BCUT2D eigenvalue weighted by Crippen LogP contribution is -2.91. The predicted octanol–water partition coefficient (Wildman–Crippen LogP) is 0.480. The zero-order valence-corrected chi connectivity index (χ0v) is 8.77. The maximum Gasteiger partial charge on any atom is 0.124 e. The van der Waals surface area contributed by atoms with Crippen LogP contribution in [0.4, 0.5) is 0 Å². The summed E-state index contributed by atoms with van der Waals surface area (Å²) in [5.41, 5.74) is 1.02. The third kappa shape index (κ3) is 4.36. The van der Waals surface area contributed by atoms with E-state index in [4.69, 9.17) is 5.26 Å². The van der Waals surface area contributed by atoms with Crippen molar-refractivity contribution in [1.82, 2.24) is 0 Å². The second-order valence-electron chi connectivity index (χ2n) is 3.14. The number of benzene rings is 1. The second-order valence-corrected chi connectivity index (χ2v) is 3.14. The average Bonchev–Trinajstić information content (AvgIpc) is 2.31. The molecule has 0 aliphatic heterocycles. The highest BCUT2D eigenvalue weighted by molar-refractivity contribution is 6.34. The Morgan fingerprint density at radius 1 is 1.40 bits per heavy atom. The second kappa shape index (κ2) is 6.70. The van der Waals surface area contributed by atoms with Gasteiger partial charge in [0.05, 0.1) is 0 Å². The summed E-state index contributed by atoms with van der Waals surface area (Å²) in [4.78, 5) is 0. The first-order valence-electron chi connectivity index (χ1n) is 4.99. The first-order chi connectivity index (χ1) is 7.36. The van der Waals surface area contributed by atoms with Gasteiger partial charge in [-0.2, -0.15) is 0 Å². The van der Waals surface area contributed by atoms with E-state index in [0.29, 0.717) is 0 Å². The van der Waals surface area contributed by atoms with Crippen LogP contribution in [0.3, 0.4) is 0 Å². The number of quaternary nitrogens is 1. The molecule has 3 heteroatoms. The van der Waals surface area contributed by atoms with Crippen molar-refractivity contribution in [2.24, 2.45) is 0 Å². The highest BCUT2D eigenvalue weighted by Crippen LogP contribution is 1.95. The number of hydrogen-bond donors (Lipinski definition) is 1. The molecule has 0 bridgehead atoms. The zero-order chi connectivity index (χ0) is 10.9. The van der Waals surface area contributed by atoms with Crippen LogP contribution in [0.2, 0.25) is 0 Å². The molecule has 2 nitrogen and oxygen atoms in total. The molecule has 0 spiro atoms. The summed E-state index contributed by atoms with van der Waals surface area (Å²) in [5, 5.41) is 10.3. The number of nitriles is 1. The Morgan fingerprint density at radius 3 is 2.73 bits per heavy atom. The van der Waals surface area contributed by atoms with Crippen molar-refractivity contribution in [1.29, 1.82) is 5.26 Å². The maximum absolute atomic E-state index is 8.41. The minimum Gasteiger partial charge on any atom is -0.556 e. The van der Waals surface area contributed by atoms with Crippen LogP contribution in [-0.4, -0.2) is 13.5 Å². The quantitative estimate of drug-likeness (QED) is 0.554. The minimum atomic E-state index is 0.171. The fraction of sp³-hybridized carbons (Fsp3) is 0.250. The average molecular weight is 196 g/mol. The number of hydrogen-bond acceptors (Lipinski definition) is 1. The van der Waals surface area contributed by atoms with Crippen LogP contribution < -0.4 is 5.23 Å². The van der Waals surface area contributed by atoms with E-state index in [9.17, 15) is 0 Å². The lowest BCUT2D eigenvalue weighted by Gasteiger charge is -2.11. The summed E-state index contributed by atoms with van der Waals surface area (Å²) in [6.45, 7) is 2.06. The molecule has 0 aliphatic carbocycles. The van der Waals surface area contributed by atoms with Gasteiger partial charge in [0.15, 0.2) is 0 Å². The van der Waals surface area contributed by atoms with Gasteiger partial charge in [-0.1, -0.05) is 31.0 Å². The van der Waals surface area contributed by atoms with Crippen LogP contribution in [0.25, 0.3) is 0 Å². The molecule has 0 heterocycles. The summed E-state index contributed by atoms with van der Waals surface area (Å²) >= 11 is 0. The number of nitrogens with two attached hydrogens (primary N) is 1. The van der Waals surface area contributed by atoms with Gasteiger partial charge in [0, 0.05) is 12.0 Å². The van der Waals surface area contributed by atoms with Crippen molar-refractivity contribution in [3.8, 4) is 17.8 Å². The van der Waals surface area contributed by atoms with Gasteiger partial charge in [-0.05, 0) is 18.1 Å². The van der Waals surface area contributed by atoms with Gasteiger partial charge in [0.25, 0.3) is 0 Å². The molecule has 0 saturated carbocycles. The van der Waals surface area contributed by atoms with Crippen molar-refractivity contribution >= 4 is 7.41 Å². The summed E-state index contributed by atoms with van der Waals surface area (Å²) in [5.74, 6) is 8.21. The highest BCUT2D eigenvalue weighted by atomic mass is 14.8. The number of rotatable bonds is 3.